The van der Waals surface area contributed by atoms with Gasteiger partial charge in [0.05, 0.1) is 0 Å². The first-order valence-corrected chi connectivity index (χ1v) is 6.27. The highest BCUT2D eigenvalue weighted by atomic mass is 32.1. The summed E-state index contributed by atoms with van der Waals surface area (Å²) in [5.41, 5.74) is 4.28. The second kappa shape index (κ2) is 7.82. The van der Waals surface area contributed by atoms with Crippen LogP contribution in [-0.4, -0.2) is 19.8 Å². The Morgan fingerprint density at radius 2 is 2.40 bits per heavy atom. The lowest BCUT2D eigenvalue weighted by atomic mass is 10.0. The standard InChI is InChI=1S/C11H20N2OS/c1-14-7-2-3-11(13-12)5-4-10-6-8-15-9-10/h6,8-9,11,13H,2-5,7,12H2,1H3. The minimum absolute atomic E-state index is 0.403. The lowest BCUT2D eigenvalue weighted by molar-refractivity contribution is 0.188. The third kappa shape index (κ3) is 5.28. The van der Waals surface area contributed by atoms with Crippen molar-refractivity contribution in [3.63, 3.8) is 0 Å². The van der Waals surface area contributed by atoms with Crippen molar-refractivity contribution >= 4 is 11.3 Å². The molecule has 1 heterocycles. The van der Waals surface area contributed by atoms with Gasteiger partial charge in [-0.25, -0.2) is 0 Å². The zero-order valence-corrected chi connectivity index (χ0v) is 10.1. The Morgan fingerprint density at radius 1 is 1.53 bits per heavy atom. The van der Waals surface area contributed by atoms with Crippen molar-refractivity contribution < 1.29 is 4.74 Å². The summed E-state index contributed by atoms with van der Waals surface area (Å²) >= 11 is 1.75. The van der Waals surface area contributed by atoms with E-state index in [2.05, 4.69) is 22.3 Å². The van der Waals surface area contributed by atoms with Crippen molar-refractivity contribution in [1.82, 2.24) is 5.43 Å². The topological polar surface area (TPSA) is 47.3 Å². The molecule has 3 nitrogen and oxygen atoms in total. The van der Waals surface area contributed by atoms with Crippen LogP contribution < -0.4 is 11.3 Å². The van der Waals surface area contributed by atoms with E-state index in [0.717, 1.165) is 32.3 Å². The molecule has 15 heavy (non-hydrogen) atoms. The predicted octanol–water partition coefficient (Wildman–Crippen LogP) is 1.94. The van der Waals surface area contributed by atoms with Crippen molar-refractivity contribution in [3.8, 4) is 0 Å². The second-order valence-electron chi connectivity index (χ2n) is 3.67. The molecule has 1 aromatic heterocycles. The van der Waals surface area contributed by atoms with Gasteiger partial charge in [-0.05, 0) is 48.1 Å². The summed E-state index contributed by atoms with van der Waals surface area (Å²) < 4.78 is 5.02. The highest BCUT2D eigenvalue weighted by molar-refractivity contribution is 7.07. The summed E-state index contributed by atoms with van der Waals surface area (Å²) in [7, 11) is 1.73. The van der Waals surface area contributed by atoms with Crippen molar-refractivity contribution in [2.24, 2.45) is 5.84 Å². The second-order valence-corrected chi connectivity index (χ2v) is 4.45. The number of ether oxygens (including phenoxy) is 1. The molecule has 0 aliphatic heterocycles. The summed E-state index contributed by atoms with van der Waals surface area (Å²) in [5.74, 6) is 5.51. The molecule has 0 spiro atoms. The number of aryl methyl sites for hydroxylation is 1. The molecule has 0 saturated carbocycles. The Kier molecular flexibility index (Phi) is 6.59. The van der Waals surface area contributed by atoms with Crippen molar-refractivity contribution in [2.75, 3.05) is 13.7 Å². The maximum Gasteiger partial charge on any atom is 0.0462 e. The molecular formula is C11H20N2OS. The zero-order chi connectivity index (χ0) is 10.9. The first-order chi connectivity index (χ1) is 7.36. The third-order valence-electron chi connectivity index (χ3n) is 2.50. The predicted molar refractivity (Wildman–Crippen MR) is 64.9 cm³/mol. The van der Waals surface area contributed by atoms with Gasteiger partial charge < -0.3 is 4.74 Å². The van der Waals surface area contributed by atoms with Gasteiger partial charge in [0.25, 0.3) is 0 Å². The average molecular weight is 228 g/mol. The normalized spacial score (nSPS) is 12.9. The van der Waals surface area contributed by atoms with E-state index in [-0.39, 0.29) is 0 Å². The van der Waals surface area contributed by atoms with Crippen LogP contribution in [-0.2, 0) is 11.2 Å². The van der Waals surface area contributed by atoms with Crippen LogP contribution in [0.4, 0.5) is 0 Å². The van der Waals surface area contributed by atoms with Gasteiger partial charge in [-0.2, -0.15) is 11.3 Å². The summed E-state index contributed by atoms with van der Waals surface area (Å²) in [4.78, 5) is 0. The fourth-order valence-electron chi connectivity index (χ4n) is 1.56. The number of hydrogen-bond acceptors (Lipinski definition) is 4. The van der Waals surface area contributed by atoms with Crippen LogP contribution in [0.3, 0.4) is 0 Å². The quantitative estimate of drug-likeness (QED) is 0.406. The Morgan fingerprint density at radius 3 is 3.00 bits per heavy atom. The summed E-state index contributed by atoms with van der Waals surface area (Å²) in [6.07, 6.45) is 4.34. The van der Waals surface area contributed by atoms with Crippen LogP contribution >= 0.6 is 11.3 Å². The molecule has 1 aromatic rings. The van der Waals surface area contributed by atoms with Gasteiger partial charge >= 0.3 is 0 Å². The molecule has 1 atom stereocenters. The minimum atomic E-state index is 0.403. The molecule has 0 radical (unpaired) electrons. The van der Waals surface area contributed by atoms with Gasteiger partial charge in [-0.3, -0.25) is 11.3 Å². The van der Waals surface area contributed by atoms with Crippen LogP contribution in [0.1, 0.15) is 24.8 Å². The number of nitrogens with one attached hydrogen (secondary N) is 1. The van der Waals surface area contributed by atoms with Crippen LogP contribution in [0.5, 0.6) is 0 Å². The van der Waals surface area contributed by atoms with Crippen molar-refractivity contribution in [2.45, 2.75) is 31.7 Å². The first-order valence-electron chi connectivity index (χ1n) is 5.33. The molecule has 86 valence electrons. The molecule has 1 rings (SSSR count). The largest absolute Gasteiger partial charge is 0.385 e. The smallest absolute Gasteiger partial charge is 0.0462 e. The number of thiophene rings is 1. The van der Waals surface area contributed by atoms with E-state index in [9.17, 15) is 0 Å². The monoisotopic (exact) mass is 228 g/mol. The number of rotatable bonds is 8. The van der Waals surface area contributed by atoms with Crippen LogP contribution in [0.15, 0.2) is 16.8 Å². The lowest BCUT2D eigenvalue weighted by Gasteiger charge is -2.14. The third-order valence-corrected chi connectivity index (χ3v) is 3.23. The molecular weight excluding hydrogens is 208 g/mol. The Hall–Kier alpha value is -0.420. The van der Waals surface area contributed by atoms with Gasteiger partial charge in [-0.15, -0.1) is 0 Å². The van der Waals surface area contributed by atoms with Crippen LogP contribution in [0.2, 0.25) is 0 Å². The maximum absolute atomic E-state index is 5.51. The number of methoxy groups -OCH3 is 1. The highest BCUT2D eigenvalue weighted by Crippen LogP contribution is 2.11. The molecule has 3 N–H and O–H groups in total. The molecule has 0 aliphatic carbocycles. The van der Waals surface area contributed by atoms with E-state index in [1.165, 1.54) is 5.56 Å². The van der Waals surface area contributed by atoms with Gasteiger partial charge in [0.15, 0.2) is 0 Å². The number of hydrazine groups is 1. The van der Waals surface area contributed by atoms with Crippen molar-refractivity contribution in [1.29, 1.82) is 0 Å². The fourth-order valence-corrected chi connectivity index (χ4v) is 2.26. The molecule has 0 amide bonds. The van der Waals surface area contributed by atoms with Crippen molar-refractivity contribution in [3.05, 3.63) is 22.4 Å². The molecule has 0 fully saturated rings. The van der Waals surface area contributed by atoms with Crippen LogP contribution in [0, 0.1) is 0 Å². The summed E-state index contributed by atoms with van der Waals surface area (Å²) in [6.45, 7) is 0.816. The van der Waals surface area contributed by atoms with E-state index < -0.39 is 0 Å². The Labute approximate surface area is 95.6 Å². The summed E-state index contributed by atoms with van der Waals surface area (Å²) in [6, 6.07) is 2.58. The van der Waals surface area contributed by atoms with Gasteiger partial charge in [0.2, 0.25) is 0 Å². The zero-order valence-electron chi connectivity index (χ0n) is 9.24. The Bertz CT molecular complexity index is 239. The molecule has 1 unspecified atom stereocenters. The maximum atomic E-state index is 5.51. The van der Waals surface area contributed by atoms with E-state index in [1.807, 2.05) is 0 Å². The molecule has 0 bridgehead atoms. The van der Waals surface area contributed by atoms with E-state index in [1.54, 1.807) is 18.4 Å². The van der Waals surface area contributed by atoms with E-state index in [0.29, 0.717) is 6.04 Å². The Balaban J connectivity index is 2.16. The lowest BCUT2D eigenvalue weighted by Crippen LogP contribution is -2.35. The van der Waals surface area contributed by atoms with E-state index >= 15 is 0 Å². The molecule has 0 aliphatic rings. The van der Waals surface area contributed by atoms with E-state index in [4.69, 9.17) is 10.6 Å². The highest BCUT2D eigenvalue weighted by Gasteiger charge is 2.06. The summed E-state index contributed by atoms with van der Waals surface area (Å²) in [5, 5.41) is 4.31. The first kappa shape index (κ1) is 12.6. The molecule has 0 aromatic carbocycles. The number of nitrogens with two attached hydrogens (primary N) is 1. The van der Waals surface area contributed by atoms with Crippen LogP contribution in [0.25, 0.3) is 0 Å². The SMILES string of the molecule is COCCCC(CCc1ccsc1)NN. The minimum Gasteiger partial charge on any atom is -0.385 e. The van der Waals surface area contributed by atoms with Gasteiger partial charge in [0, 0.05) is 19.8 Å². The fraction of sp³-hybridized carbons (Fsp3) is 0.636. The molecule has 0 saturated heterocycles. The molecule has 4 heteroatoms. The average Bonchev–Trinajstić information content (AvgIpc) is 2.76. The van der Waals surface area contributed by atoms with Gasteiger partial charge in [-0.1, -0.05) is 0 Å². The number of hydrogen-bond donors (Lipinski definition) is 2. The van der Waals surface area contributed by atoms with Gasteiger partial charge in [0.1, 0.15) is 0 Å².